The molecule has 2 aromatic rings. The number of rotatable bonds is 7. The van der Waals surface area contributed by atoms with Crippen molar-refractivity contribution >= 4 is 25.9 Å². The third kappa shape index (κ3) is 5.05. The summed E-state index contributed by atoms with van der Waals surface area (Å²) in [5.74, 6) is 0.0936. The predicted molar refractivity (Wildman–Crippen MR) is 85.0 cm³/mol. The van der Waals surface area contributed by atoms with Crippen LogP contribution in [0.1, 0.15) is 11.3 Å². The molecular formula is C13H17N3O5S2. The Bertz CT molecular complexity index is 888. The lowest BCUT2D eigenvalue weighted by Crippen LogP contribution is -2.31. The van der Waals surface area contributed by atoms with Crippen LogP contribution in [0.15, 0.2) is 39.8 Å². The van der Waals surface area contributed by atoms with Gasteiger partial charge in [-0.15, -0.1) is 0 Å². The van der Waals surface area contributed by atoms with Crippen molar-refractivity contribution in [2.45, 2.75) is 18.7 Å². The van der Waals surface area contributed by atoms with Gasteiger partial charge in [0.2, 0.25) is 20.0 Å². The molecule has 0 unspecified atom stereocenters. The molecule has 23 heavy (non-hydrogen) atoms. The summed E-state index contributed by atoms with van der Waals surface area (Å²) >= 11 is 0. The van der Waals surface area contributed by atoms with Gasteiger partial charge in [-0.05, 0) is 31.5 Å². The second-order valence-electron chi connectivity index (χ2n) is 4.96. The van der Waals surface area contributed by atoms with Crippen molar-refractivity contribution in [3.63, 3.8) is 0 Å². The summed E-state index contributed by atoms with van der Waals surface area (Å²) in [6.07, 6.45) is 0. The van der Waals surface area contributed by atoms with Crippen molar-refractivity contribution in [1.82, 2.24) is 9.88 Å². The lowest BCUT2D eigenvalue weighted by Gasteiger charge is -2.08. The average Bonchev–Trinajstić information content (AvgIpc) is 2.82. The summed E-state index contributed by atoms with van der Waals surface area (Å²) in [6.45, 7) is 3.14. The number of anilines is 1. The van der Waals surface area contributed by atoms with Crippen LogP contribution in [0.3, 0.4) is 0 Å². The molecule has 0 aliphatic carbocycles. The molecule has 0 atom stereocenters. The van der Waals surface area contributed by atoms with E-state index in [1.165, 1.54) is 18.2 Å². The number of hydrogen-bond acceptors (Lipinski definition) is 6. The van der Waals surface area contributed by atoms with Gasteiger partial charge >= 0.3 is 0 Å². The first-order chi connectivity index (χ1) is 10.7. The quantitative estimate of drug-likeness (QED) is 0.762. The molecule has 0 bridgehead atoms. The summed E-state index contributed by atoms with van der Waals surface area (Å²) < 4.78 is 57.1. The van der Waals surface area contributed by atoms with Crippen LogP contribution < -0.4 is 9.44 Å². The van der Waals surface area contributed by atoms with Crippen molar-refractivity contribution in [2.24, 2.45) is 0 Å². The topological polar surface area (TPSA) is 118 Å². The SMILES string of the molecule is Cc1cccc(S(=O)(=O)NCCS(=O)(=O)Nc2cc(C)on2)c1. The lowest BCUT2D eigenvalue weighted by atomic mass is 10.2. The molecule has 0 fully saturated rings. The molecule has 0 aliphatic heterocycles. The zero-order valence-corrected chi connectivity index (χ0v) is 14.2. The van der Waals surface area contributed by atoms with E-state index < -0.39 is 25.8 Å². The van der Waals surface area contributed by atoms with Crippen LogP contribution in [-0.4, -0.2) is 34.3 Å². The summed E-state index contributed by atoms with van der Waals surface area (Å²) in [6, 6.07) is 7.77. The van der Waals surface area contributed by atoms with E-state index in [-0.39, 0.29) is 17.3 Å². The Kier molecular flexibility index (Phi) is 5.07. The number of aromatic nitrogens is 1. The number of nitrogens with zero attached hydrogens (tertiary/aromatic N) is 1. The third-order valence-corrected chi connectivity index (χ3v) is 5.57. The molecule has 0 saturated carbocycles. The van der Waals surface area contributed by atoms with Gasteiger partial charge in [-0.2, -0.15) is 0 Å². The van der Waals surface area contributed by atoms with E-state index in [9.17, 15) is 16.8 Å². The average molecular weight is 359 g/mol. The maximum Gasteiger partial charge on any atom is 0.240 e. The Morgan fingerprint density at radius 2 is 1.87 bits per heavy atom. The minimum atomic E-state index is -3.75. The number of aryl methyl sites for hydroxylation is 2. The van der Waals surface area contributed by atoms with Crippen LogP contribution in [0.25, 0.3) is 0 Å². The fourth-order valence-corrected chi connectivity index (χ4v) is 3.95. The van der Waals surface area contributed by atoms with E-state index in [0.29, 0.717) is 5.76 Å². The Labute approximate surface area is 135 Å². The highest BCUT2D eigenvalue weighted by atomic mass is 32.2. The van der Waals surface area contributed by atoms with Gasteiger partial charge in [-0.1, -0.05) is 17.3 Å². The zero-order valence-electron chi connectivity index (χ0n) is 12.6. The van der Waals surface area contributed by atoms with Crippen LogP contribution in [0.4, 0.5) is 5.82 Å². The fraction of sp³-hybridized carbons (Fsp3) is 0.308. The molecule has 1 aromatic carbocycles. The van der Waals surface area contributed by atoms with Crippen LogP contribution >= 0.6 is 0 Å². The standard InChI is InChI=1S/C13H17N3O5S2/c1-10-4-3-5-12(8-10)23(19,20)14-6-7-22(17,18)16-13-9-11(2)21-15-13/h3-5,8-9,14H,6-7H2,1-2H3,(H,15,16). The molecular weight excluding hydrogens is 342 g/mol. The Morgan fingerprint density at radius 3 is 2.48 bits per heavy atom. The maximum absolute atomic E-state index is 12.1. The van der Waals surface area contributed by atoms with Crippen molar-refractivity contribution in [1.29, 1.82) is 0 Å². The summed E-state index contributed by atoms with van der Waals surface area (Å²) in [7, 11) is -7.48. The maximum atomic E-state index is 12.1. The van der Waals surface area contributed by atoms with Crippen LogP contribution in [0.5, 0.6) is 0 Å². The van der Waals surface area contributed by atoms with Crippen molar-refractivity contribution in [3.05, 3.63) is 41.7 Å². The normalized spacial score (nSPS) is 12.3. The molecule has 126 valence electrons. The van der Waals surface area contributed by atoms with E-state index in [1.54, 1.807) is 26.0 Å². The smallest absolute Gasteiger partial charge is 0.240 e. The first kappa shape index (κ1) is 17.4. The minimum absolute atomic E-state index is 0.0593. The number of hydrogen-bond donors (Lipinski definition) is 2. The molecule has 0 saturated heterocycles. The minimum Gasteiger partial charge on any atom is -0.360 e. The number of nitrogens with one attached hydrogen (secondary N) is 2. The summed E-state index contributed by atoms with van der Waals surface area (Å²) in [5, 5.41) is 3.51. The summed E-state index contributed by atoms with van der Waals surface area (Å²) in [4.78, 5) is 0.0926. The molecule has 10 heteroatoms. The van der Waals surface area contributed by atoms with Crippen molar-refractivity contribution in [3.8, 4) is 0 Å². The largest absolute Gasteiger partial charge is 0.360 e. The molecule has 0 radical (unpaired) electrons. The molecule has 0 amide bonds. The second-order valence-corrected chi connectivity index (χ2v) is 8.57. The first-order valence-electron chi connectivity index (χ1n) is 6.68. The Hall–Kier alpha value is -1.91. The predicted octanol–water partition coefficient (Wildman–Crippen LogP) is 1.01. The van der Waals surface area contributed by atoms with Gasteiger partial charge in [0.15, 0.2) is 5.82 Å². The monoisotopic (exact) mass is 359 g/mol. The Balaban J connectivity index is 1.95. The fourth-order valence-electron chi connectivity index (χ4n) is 1.80. The highest BCUT2D eigenvalue weighted by Crippen LogP contribution is 2.11. The zero-order chi connectivity index (χ0) is 17.1. The van der Waals surface area contributed by atoms with Gasteiger partial charge in [-0.25, -0.2) is 21.6 Å². The molecule has 1 heterocycles. The van der Waals surface area contributed by atoms with Crippen LogP contribution in [-0.2, 0) is 20.0 Å². The van der Waals surface area contributed by atoms with E-state index in [2.05, 4.69) is 14.6 Å². The third-order valence-electron chi connectivity index (χ3n) is 2.85. The summed E-state index contributed by atoms with van der Waals surface area (Å²) in [5.41, 5.74) is 0.795. The van der Waals surface area contributed by atoms with Gasteiger partial charge in [0.1, 0.15) is 5.76 Å². The molecule has 0 spiro atoms. The van der Waals surface area contributed by atoms with Crippen molar-refractivity contribution in [2.75, 3.05) is 17.0 Å². The van der Waals surface area contributed by atoms with Gasteiger partial charge in [0.25, 0.3) is 0 Å². The second kappa shape index (κ2) is 6.69. The highest BCUT2D eigenvalue weighted by Gasteiger charge is 2.17. The lowest BCUT2D eigenvalue weighted by molar-refractivity contribution is 0.400. The molecule has 1 aromatic heterocycles. The van der Waals surface area contributed by atoms with E-state index in [4.69, 9.17) is 4.52 Å². The van der Waals surface area contributed by atoms with E-state index in [1.807, 2.05) is 0 Å². The van der Waals surface area contributed by atoms with Crippen LogP contribution in [0.2, 0.25) is 0 Å². The van der Waals surface area contributed by atoms with E-state index >= 15 is 0 Å². The molecule has 2 rings (SSSR count). The van der Waals surface area contributed by atoms with Gasteiger partial charge in [0.05, 0.1) is 10.6 Å². The van der Waals surface area contributed by atoms with Gasteiger partial charge < -0.3 is 4.52 Å². The van der Waals surface area contributed by atoms with Crippen molar-refractivity contribution < 1.29 is 21.4 Å². The highest BCUT2D eigenvalue weighted by molar-refractivity contribution is 7.92. The molecule has 0 aliphatic rings. The van der Waals surface area contributed by atoms with Gasteiger partial charge in [-0.3, -0.25) is 4.72 Å². The molecule has 2 N–H and O–H groups in total. The van der Waals surface area contributed by atoms with E-state index in [0.717, 1.165) is 5.56 Å². The first-order valence-corrected chi connectivity index (χ1v) is 9.82. The Morgan fingerprint density at radius 1 is 1.13 bits per heavy atom. The van der Waals surface area contributed by atoms with Crippen LogP contribution in [0, 0.1) is 13.8 Å². The molecule has 8 nitrogen and oxygen atoms in total. The number of benzene rings is 1. The van der Waals surface area contributed by atoms with Gasteiger partial charge in [0, 0.05) is 12.6 Å². The number of sulfonamides is 2.